The number of benzene rings is 1. The van der Waals surface area contributed by atoms with Crippen LogP contribution in [0.15, 0.2) is 24.3 Å². The Labute approximate surface area is 152 Å². The highest BCUT2D eigenvalue weighted by molar-refractivity contribution is 5.94. The number of hydrogen-bond acceptors (Lipinski definition) is 3. The van der Waals surface area contributed by atoms with Gasteiger partial charge in [0.15, 0.2) is 5.69 Å². The van der Waals surface area contributed by atoms with E-state index >= 15 is 0 Å². The summed E-state index contributed by atoms with van der Waals surface area (Å²) in [5.74, 6) is -1.09. The van der Waals surface area contributed by atoms with Crippen molar-refractivity contribution in [3.63, 3.8) is 0 Å². The van der Waals surface area contributed by atoms with Crippen LogP contribution in [-0.4, -0.2) is 33.3 Å². The predicted molar refractivity (Wildman–Crippen MR) is 96.6 cm³/mol. The Morgan fingerprint density at radius 3 is 2.58 bits per heavy atom. The van der Waals surface area contributed by atoms with Gasteiger partial charge in [0.25, 0.3) is 5.91 Å². The van der Waals surface area contributed by atoms with Crippen LogP contribution in [0.1, 0.15) is 53.5 Å². The van der Waals surface area contributed by atoms with E-state index in [0.29, 0.717) is 18.5 Å². The van der Waals surface area contributed by atoms with Gasteiger partial charge >= 0.3 is 5.97 Å². The fourth-order valence-electron chi connectivity index (χ4n) is 3.66. The lowest BCUT2D eigenvalue weighted by atomic mass is 10.1. The zero-order valence-electron chi connectivity index (χ0n) is 14.9. The summed E-state index contributed by atoms with van der Waals surface area (Å²) >= 11 is 0. The number of carbonyl (C=O) groups is 2. The molecule has 26 heavy (non-hydrogen) atoms. The molecule has 0 atom stereocenters. The van der Waals surface area contributed by atoms with Gasteiger partial charge in [-0.05, 0) is 56.2 Å². The number of carbonyl (C=O) groups excluding carboxylic acids is 1. The van der Waals surface area contributed by atoms with Crippen LogP contribution in [0.4, 0.5) is 0 Å². The topological polar surface area (TPSA) is 84.2 Å². The molecule has 0 spiro atoms. The molecule has 1 amide bonds. The van der Waals surface area contributed by atoms with Gasteiger partial charge in [0.05, 0.1) is 11.1 Å². The molecule has 1 aromatic carbocycles. The zero-order chi connectivity index (χ0) is 18.3. The van der Waals surface area contributed by atoms with Crippen LogP contribution < -0.4 is 5.32 Å². The zero-order valence-corrected chi connectivity index (χ0v) is 14.9. The molecule has 1 fully saturated rings. The maximum atomic E-state index is 12.7. The fourth-order valence-corrected chi connectivity index (χ4v) is 3.66. The molecular weight excluding hydrogens is 330 g/mol. The highest BCUT2D eigenvalue weighted by Gasteiger charge is 2.50. The fraction of sp³-hybridized carbons (Fsp3) is 0.450. The summed E-state index contributed by atoms with van der Waals surface area (Å²) in [6, 6.07) is 8.25. The highest BCUT2D eigenvalue weighted by atomic mass is 16.4. The minimum absolute atomic E-state index is 0.175. The quantitative estimate of drug-likeness (QED) is 0.836. The van der Waals surface area contributed by atoms with Crippen LogP contribution >= 0.6 is 0 Å². The summed E-state index contributed by atoms with van der Waals surface area (Å²) in [5.41, 5.74) is 4.00. The van der Waals surface area contributed by atoms with Gasteiger partial charge < -0.3 is 10.4 Å². The van der Waals surface area contributed by atoms with E-state index in [1.54, 1.807) is 0 Å². The number of carboxylic acid groups (broad SMARTS) is 1. The second-order valence-corrected chi connectivity index (χ2v) is 7.33. The minimum atomic E-state index is -0.829. The van der Waals surface area contributed by atoms with E-state index in [9.17, 15) is 14.7 Å². The van der Waals surface area contributed by atoms with E-state index in [1.807, 2.05) is 16.8 Å². The SMILES string of the molecule is CCc1ccc(-n2nc(C(=O)NCC3(C(=O)O)CC3)c3c2CCC3)cc1. The van der Waals surface area contributed by atoms with Crippen molar-refractivity contribution in [1.29, 1.82) is 0 Å². The molecule has 2 aromatic rings. The van der Waals surface area contributed by atoms with E-state index < -0.39 is 11.4 Å². The van der Waals surface area contributed by atoms with Crippen molar-refractivity contribution in [3.8, 4) is 5.69 Å². The van der Waals surface area contributed by atoms with Crippen molar-refractivity contribution >= 4 is 11.9 Å². The van der Waals surface area contributed by atoms with Crippen molar-refractivity contribution in [2.45, 2.75) is 45.4 Å². The standard InChI is InChI=1S/C20H23N3O3/c1-2-13-6-8-14(9-7-13)23-16-5-3-4-15(16)17(22-23)18(24)21-12-20(10-11-20)19(25)26/h6-9H,2-5,10-12H2,1H3,(H,21,24)(H,25,26). The summed E-state index contributed by atoms with van der Waals surface area (Å²) in [6.45, 7) is 2.29. The van der Waals surface area contributed by atoms with Gasteiger partial charge in [-0.2, -0.15) is 5.10 Å². The molecule has 2 N–H and O–H groups in total. The van der Waals surface area contributed by atoms with Gasteiger partial charge in [0, 0.05) is 17.8 Å². The van der Waals surface area contributed by atoms with Crippen LogP contribution in [0.2, 0.25) is 0 Å². The molecule has 0 unspecified atom stereocenters. The molecule has 1 aromatic heterocycles. The maximum absolute atomic E-state index is 12.7. The summed E-state index contributed by atoms with van der Waals surface area (Å²) in [7, 11) is 0. The second-order valence-electron chi connectivity index (χ2n) is 7.33. The molecule has 2 aliphatic carbocycles. The molecule has 0 saturated heterocycles. The number of nitrogens with one attached hydrogen (secondary N) is 1. The lowest BCUT2D eigenvalue weighted by Crippen LogP contribution is -2.34. The normalized spacial score (nSPS) is 17.0. The molecule has 136 valence electrons. The van der Waals surface area contributed by atoms with Crippen molar-refractivity contribution in [2.24, 2.45) is 5.41 Å². The number of amides is 1. The molecule has 4 rings (SSSR count). The number of aromatic nitrogens is 2. The Bertz CT molecular complexity index is 863. The van der Waals surface area contributed by atoms with Crippen molar-refractivity contribution in [3.05, 3.63) is 46.8 Å². The van der Waals surface area contributed by atoms with Crippen LogP contribution in [0.5, 0.6) is 0 Å². The van der Waals surface area contributed by atoms with E-state index in [2.05, 4.69) is 29.5 Å². The first-order chi connectivity index (χ1) is 12.5. The Kier molecular flexibility index (Phi) is 4.05. The average Bonchev–Trinajstić information content (AvgIpc) is 3.15. The van der Waals surface area contributed by atoms with E-state index in [0.717, 1.165) is 42.6 Å². The number of nitrogens with zero attached hydrogens (tertiary/aromatic N) is 2. The third-order valence-corrected chi connectivity index (χ3v) is 5.63. The minimum Gasteiger partial charge on any atom is -0.481 e. The Hall–Kier alpha value is -2.63. The first-order valence-corrected chi connectivity index (χ1v) is 9.26. The van der Waals surface area contributed by atoms with E-state index in [4.69, 9.17) is 0 Å². The molecule has 0 aliphatic heterocycles. The summed E-state index contributed by atoms with van der Waals surface area (Å²) in [4.78, 5) is 24.0. The lowest BCUT2D eigenvalue weighted by Gasteiger charge is -2.10. The number of aliphatic carboxylic acids is 1. The van der Waals surface area contributed by atoms with Crippen LogP contribution in [0, 0.1) is 5.41 Å². The third kappa shape index (κ3) is 2.79. The molecule has 0 bridgehead atoms. The second kappa shape index (κ2) is 6.27. The Morgan fingerprint density at radius 1 is 1.23 bits per heavy atom. The molecule has 6 nitrogen and oxygen atoms in total. The summed E-state index contributed by atoms with van der Waals surface area (Å²) < 4.78 is 1.88. The first kappa shape index (κ1) is 16.8. The highest BCUT2D eigenvalue weighted by Crippen LogP contribution is 2.45. The molecule has 1 heterocycles. The predicted octanol–water partition coefficient (Wildman–Crippen LogP) is 2.52. The average molecular weight is 353 g/mol. The lowest BCUT2D eigenvalue weighted by molar-refractivity contribution is -0.143. The number of carboxylic acids is 1. The summed E-state index contributed by atoms with van der Waals surface area (Å²) in [5, 5.41) is 16.6. The number of rotatable bonds is 6. The van der Waals surface area contributed by atoms with Gasteiger partial charge in [0.1, 0.15) is 0 Å². The Balaban J connectivity index is 1.59. The van der Waals surface area contributed by atoms with Gasteiger partial charge in [-0.1, -0.05) is 19.1 Å². The van der Waals surface area contributed by atoms with Gasteiger partial charge in [-0.3, -0.25) is 9.59 Å². The monoisotopic (exact) mass is 353 g/mol. The van der Waals surface area contributed by atoms with Gasteiger partial charge in [0.2, 0.25) is 0 Å². The first-order valence-electron chi connectivity index (χ1n) is 9.26. The van der Waals surface area contributed by atoms with Crippen LogP contribution in [-0.2, 0) is 24.1 Å². The number of fused-ring (bicyclic) bond motifs is 1. The Morgan fingerprint density at radius 2 is 1.96 bits per heavy atom. The van der Waals surface area contributed by atoms with Gasteiger partial charge in [-0.25, -0.2) is 4.68 Å². The number of aryl methyl sites for hydroxylation is 1. The van der Waals surface area contributed by atoms with Gasteiger partial charge in [-0.15, -0.1) is 0 Å². The molecule has 1 saturated carbocycles. The maximum Gasteiger partial charge on any atom is 0.311 e. The third-order valence-electron chi connectivity index (χ3n) is 5.63. The molecular formula is C20H23N3O3. The van der Waals surface area contributed by atoms with Crippen molar-refractivity contribution in [1.82, 2.24) is 15.1 Å². The number of hydrogen-bond donors (Lipinski definition) is 2. The van der Waals surface area contributed by atoms with Crippen molar-refractivity contribution < 1.29 is 14.7 Å². The molecule has 2 aliphatic rings. The van der Waals surface area contributed by atoms with Crippen LogP contribution in [0.3, 0.4) is 0 Å². The summed E-state index contributed by atoms with van der Waals surface area (Å²) in [6.07, 6.45) is 4.99. The van der Waals surface area contributed by atoms with Crippen LogP contribution in [0.25, 0.3) is 5.69 Å². The van der Waals surface area contributed by atoms with E-state index in [1.165, 1.54) is 5.56 Å². The molecule has 0 radical (unpaired) electrons. The van der Waals surface area contributed by atoms with E-state index in [-0.39, 0.29) is 12.5 Å². The molecule has 6 heteroatoms. The smallest absolute Gasteiger partial charge is 0.311 e. The largest absolute Gasteiger partial charge is 0.481 e. The van der Waals surface area contributed by atoms with Crippen molar-refractivity contribution in [2.75, 3.05) is 6.54 Å².